The molecular weight excluding hydrogens is 478 g/mol. The Hall–Kier alpha value is -1.99. The molecule has 0 amide bonds. The summed E-state index contributed by atoms with van der Waals surface area (Å²) in [6.07, 6.45) is 8.54. The molecule has 0 heterocycles. The van der Waals surface area contributed by atoms with Crippen molar-refractivity contribution in [1.29, 1.82) is 0 Å². The van der Waals surface area contributed by atoms with E-state index >= 15 is 0 Å². The fourth-order valence-electron chi connectivity index (χ4n) is 2.57. The first kappa shape index (κ1) is 15.9. The average molecular weight is 496 g/mol. The summed E-state index contributed by atoms with van der Waals surface area (Å²) < 4.78 is 3.22. The Morgan fingerprint density at radius 3 is 1.87 bits per heavy atom. The molecular formula is C20H18AtN2+. The van der Waals surface area contributed by atoms with Crippen LogP contribution in [-0.2, 0) is 0 Å². The molecule has 3 heteroatoms. The molecule has 23 heavy (non-hydrogen) atoms. The van der Waals surface area contributed by atoms with E-state index in [4.69, 9.17) is 5.73 Å². The Morgan fingerprint density at radius 2 is 1.35 bits per heavy atom. The zero-order valence-electron chi connectivity index (χ0n) is 12.9. The third-order valence-corrected chi connectivity index (χ3v) is 4.67. The first-order chi connectivity index (χ1) is 11.2. The van der Waals surface area contributed by atoms with Crippen molar-refractivity contribution in [2.24, 2.45) is 0 Å². The van der Waals surface area contributed by atoms with Crippen LogP contribution in [0.3, 0.4) is 0 Å². The van der Waals surface area contributed by atoms with Gasteiger partial charge in [-0.25, -0.2) is 0 Å². The molecule has 0 fully saturated rings. The molecule has 0 saturated heterocycles. The maximum absolute atomic E-state index is 5.85. The molecule has 114 valence electrons. The van der Waals surface area contributed by atoms with Crippen LogP contribution in [0.2, 0.25) is 0 Å². The van der Waals surface area contributed by atoms with Gasteiger partial charge in [0.1, 0.15) is 0 Å². The number of nitrogen functional groups attached to an aromatic ring is 1. The predicted molar refractivity (Wildman–Crippen MR) is 92.3 cm³/mol. The van der Waals surface area contributed by atoms with Gasteiger partial charge >= 0.3 is 153 Å². The Balaban J connectivity index is 2.17. The molecule has 2 nitrogen and oxygen atoms in total. The number of hydrogen-bond donors (Lipinski definition) is 2. The van der Waals surface area contributed by atoms with Crippen LogP contribution >= 0.6 is 0 Å². The SMILES string of the molecule is Cc1ccc(C(=C2C=CC(=[NH+][At])C=C2)c2ccc(N)cc2)cc1. The molecule has 2 aromatic rings. The molecule has 0 aromatic heterocycles. The van der Waals surface area contributed by atoms with E-state index in [-0.39, 0.29) is 0 Å². The van der Waals surface area contributed by atoms with E-state index in [0.717, 1.165) is 11.4 Å². The van der Waals surface area contributed by atoms with Gasteiger partial charge in [0, 0.05) is 0 Å². The standard InChI is InChI=1S/C20H17AtN2/c1-14-2-4-15(5-3-14)20(16-6-10-18(22)11-7-16)17-8-12-19(23-21)13-9-17/h2-13H,22H2,1H3/p+1. The van der Waals surface area contributed by atoms with Crippen molar-refractivity contribution in [1.82, 2.24) is 0 Å². The minimum absolute atomic E-state index is 0.782. The van der Waals surface area contributed by atoms with Gasteiger partial charge in [0.2, 0.25) is 0 Å². The number of aryl methyl sites for hydroxylation is 1. The van der Waals surface area contributed by atoms with Crippen molar-refractivity contribution >= 4 is 17.0 Å². The van der Waals surface area contributed by atoms with Crippen molar-refractivity contribution in [2.75, 3.05) is 5.73 Å². The minimum atomic E-state index is 0.782. The summed E-state index contributed by atoms with van der Waals surface area (Å²) in [7, 11) is 0. The van der Waals surface area contributed by atoms with Gasteiger partial charge in [0.25, 0.3) is 0 Å². The third kappa shape index (κ3) is 3.68. The van der Waals surface area contributed by atoms with E-state index in [1.165, 1.54) is 52.8 Å². The van der Waals surface area contributed by atoms with Gasteiger partial charge in [0.05, 0.1) is 0 Å². The Kier molecular flexibility index (Phi) is 4.88. The van der Waals surface area contributed by atoms with Gasteiger partial charge in [-0.05, 0) is 0 Å². The second-order valence-corrected chi connectivity index (χ2v) is 6.27. The summed E-state index contributed by atoms with van der Waals surface area (Å²) >= 11 is 1.54. The molecule has 2 aromatic carbocycles. The van der Waals surface area contributed by atoms with Crippen molar-refractivity contribution in [3.63, 3.8) is 0 Å². The molecule has 0 bridgehead atoms. The average Bonchev–Trinajstić information content (AvgIpc) is 2.59. The van der Waals surface area contributed by atoms with Crippen LogP contribution in [0.5, 0.6) is 0 Å². The van der Waals surface area contributed by atoms with Crippen LogP contribution in [0.15, 0.2) is 78.4 Å². The predicted octanol–water partition coefficient (Wildman–Crippen LogP) is 2.49. The van der Waals surface area contributed by atoms with Crippen LogP contribution in [-0.4, -0.2) is 5.71 Å². The van der Waals surface area contributed by atoms with Crippen molar-refractivity contribution in [2.45, 2.75) is 6.92 Å². The number of anilines is 1. The molecule has 0 saturated carbocycles. The van der Waals surface area contributed by atoms with E-state index in [2.05, 4.69) is 70.6 Å². The molecule has 3 N–H and O–H groups in total. The number of allylic oxidation sites excluding steroid dienone is 5. The number of hydrogen-bond acceptors (Lipinski definition) is 1. The van der Waals surface area contributed by atoms with E-state index in [0.29, 0.717) is 0 Å². The zero-order valence-corrected chi connectivity index (χ0v) is 15.8. The second kappa shape index (κ2) is 7.06. The number of benzene rings is 2. The molecule has 0 atom stereocenters. The van der Waals surface area contributed by atoms with Crippen molar-refractivity contribution in [3.05, 3.63) is 95.1 Å². The van der Waals surface area contributed by atoms with Gasteiger partial charge in [0.15, 0.2) is 0 Å². The maximum atomic E-state index is 5.85. The van der Waals surface area contributed by atoms with Gasteiger partial charge in [-0.15, -0.1) is 0 Å². The van der Waals surface area contributed by atoms with Gasteiger partial charge in [-0.3, -0.25) is 0 Å². The van der Waals surface area contributed by atoms with Crippen LogP contribution in [0.1, 0.15) is 16.7 Å². The van der Waals surface area contributed by atoms with Crippen molar-refractivity contribution < 1.29 is 27.9 Å². The molecule has 0 aliphatic heterocycles. The van der Waals surface area contributed by atoms with Crippen LogP contribution in [0.25, 0.3) is 5.57 Å². The fourth-order valence-corrected chi connectivity index (χ4v) is 3.06. The summed E-state index contributed by atoms with van der Waals surface area (Å²) in [5.74, 6) is 0. The number of nitrogens with two attached hydrogens (primary N) is 1. The Labute approximate surface area is 152 Å². The number of rotatable bonds is 2. The van der Waals surface area contributed by atoms with E-state index in [9.17, 15) is 0 Å². The van der Waals surface area contributed by atoms with E-state index < -0.39 is 0 Å². The van der Waals surface area contributed by atoms with Gasteiger partial charge in [-0.2, -0.15) is 0 Å². The Morgan fingerprint density at radius 1 is 0.826 bits per heavy atom. The van der Waals surface area contributed by atoms with E-state index in [1.54, 1.807) is 0 Å². The van der Waals surface area contributed by atoms with Gasteiger partial charge < -0.3 is 0 Å². The molecule has 1 aliphatic carbocycles. The Bertz CT molecular complexity index is 757. The second-order valence-electron chi connectivity index (χ2n) is 5.53. The van der Waals surface area contributed by atoms with Crippen molar-refractivity contribution in [3.8, 4) is 0 Å². The zero-order chi connectivity index (χ0) is 16.2. The summed E-state index contributed by atoms with van der Waals surface area (Å²) in [6, 6.07) is 16.7. The van der Waals surface area contributed by atoms with Crippen LogP contribution in [0.4, 0.5) is 5.69 Å². The number of nitrogens with one attached hydrogen (secondary N) is 1. The van der Waals surface area contributed by atoms with Crippen LogP contribution < -0.4 is 8.67 Å². The molecule has 1 aliphatic rings. The fraction of sp³-hybridized carbons (Fsp3) is 0.0500. The summed E-state index contributed by atoms with van der Waals surface area (Å²) in [5.41, 5.74) is 13.8. The first-order valence-electron chi connectivity index (χ1n) is 7.44. The first-order valence-corrected chi connectivity index (χ1v) is 8.91. The topological polar surface area (TPSA) is 40.0 Å². The van der Waals surface area contributed by atoms with Gasteiger partial charge in [-0.1, -0.05) is 0 Å². The quantitative estimate of drug-likeness (QED) is 0.617. The molecule has 0 spiro atoms. The monoisotopic (exact) mass is 496 g/mol. The van der Waals surface area contributed by atoms with Crippen LogP contribution in [0, 0.1) is 31.9 Å². The third-order valence-electron chi connectivity index (χ3n) is 3.82. The normalized spacial score (nSPS) is 13.3. The van der Waals surface area contributed by atoms with E-state index in [1.807, 2.05) is 12.1 Å². The molecule has 0 unspecified atom stereocenters. The summed E-state index contributed by atoms with van der Waals surface area (Å²) in [4.78, 5) is 0. The summed E-state index contributed by atoms with van der Waals surface area (Å²) in [5, 5.41) is 0. The summed E-state index contributed by atoms with van der Waals surface area (Å²) in [6.45, 7) is 2.11. The molecule has 3 rings (SSSR count). The molecule has 0 radical (unpaired) electrons.